The number of carbonyl (C=O) groups is 1. The standard InChI is InChI=1S/C19H20N6O/c26-18(24-13-15-7-4-5-8-16(15)14-24)11-6-12-20-19-21-22-23-25(19)17-9-2-1-3-10-17/h1-5,7-10H,6,11-14H2,(H,20,21,23). The van der Waals surface area contributed by atoms with Crippen molar-refractivity contribution in [2.24, 2.45) is 0 Å². The second-order valence-corrected chi connectivity index (χ2v) is 6.30. The lowest BCUT2D eigenvalue weighted by atomic mass is 10.1. The fourth-order valence-corrected chi connectivity index (χ4v) is 3.15. The first-order valence-corrected chi connectivity index (χ1v) is 8.73. The number of amides is 1. The highest BCUT2D eigenvalue weighted by Crippen LogP contribution is 2.23. The number of benzene rings is 2. The normalized spacial score (nSPS) is 12.8. The summed E-state index contributed by atoms with van der Waals surface area (Å²) in [6.07, 6.45) is 1.24. The first-order valence-electron chi connectivity index (χ1n) is 8.73. The molecule has 2 aromatic carbocycles. The summed E-state index contributed by atoms with van der Waals surface area (Å²) in [5, 5.41) is 14.9. The van der Waals surface area contributed by atoms with E-state index in [1.54, 1.807) is 4.68 Å². The molecule has 132 valence electrons. The lowest BCUT2D eigenvalue weighted by molar-refractivity contribution is -0.131. The van der Waals surface area contributed by atoms with Crippen molar-refractivity contribution in [1.29, 1.82) is 0 Å². The van der Waals surface area contributed by atoms with Crippen LogP contribution < -0.4 is 5.32 Å². The molecule has 7 nitrogen and oxygen atoms in total. The summed E-state index contributed by atoms with van der Waals surface area (Å²) in [4.78, 5) is 14.3. The fourth-order valence-electron chi connectivity index (χ4n) is 3.15. The number of hydrogen-bond acceptors (Lipinski definition) is 5. The summed E-state index contributed by atoms with van der Waals surface area (Å²) >= 11 is 0. The summed E-state index contributed by atoms with van der Waals surface area (Å²) < 4.78 is 1.65. The largest absolute Gasteiger partial charge is 0.353 e. The van der Waals surface area contributed by atoms with Crippen LogP contribution in [0.3, 0.4) is 0 Å². The van der Waals surface area contributed by atoms with E-state index in [2.05, 4.69) is 33.0 Å². The van der Waals surface area contributed by atoms with Gasteiger partial charge in [-0.3, -0.25) is 4.79 Å². The maximum atomic E-state index is 12.4. The molecule has 0 radical (unpaired) electrons. The Morgan fingerprint density at radius 3 is 2.42 bits per heavy atom. The van der Waals surface area contributed by atoms with Crippen LogP contribution in [-0.4, -0.2) is 37.6 Å². The second-order valence-electron chi connectivity index (χ2n) is 6.30. The Morgan fingerprint density at radius 2 is 1.69 bits per heavy atom. The summed E-state index contributed by atoms with van der Waals surface area (Å²) in [6, 6.07) is 17.9. The molecule has 2 heterocycles. The minimum Gasteiger partial charge on any atom is -0.353 e. The Kier molecular flexibility index (Phi) is 4.59. The van der Waals surface area contributed by atoms with Gasteiger partial charge in [-0.2, -0.15) is 4.68 Å². The number of anilines is 1. The maximum Gasteiger partial charge on any atom is 0.247 e. The molecule has 1 aliphatic heterocycles. The van der Waals surface area contributed by atoms with Gasteiger partial charge in [-0.15, -0.1) is 0 Å². The van der Waals surface area contributed by atoms with E-state index < -0.39 is 0 Å². The Labute approximate surface area is 151 Å². The first-order chi connectivity index (χ1) is 12.8. The van der Waals surface area contributed by atoms with Crippen LogP contribution in [-0.2, 0) is 17.9 Å². The average molecular weight is 348 g/mol. The number of carbonyl (C=O) groups excluding carboxylic acids is 1. The third-order valence-corrected chi connectivity index (χ3v) is 4.51. The number of rotatable bonds is 6. The number of para-hydroxylation sites is 1. The van der Waals surface area contributed by atoms with E-state index in [0.717, 1.165) is 12.1 Å². The molecule has 0 atom stereocenters. The van der Waals surface area contributed by atoms with Crippen molar-refractivity contribution in [3.05, 3.63) is 65.7 Å². The van der Waals surface area contributed by atoms with Crippen molar-refractivity contribution in [3.8, 4) is 5.69 Å². The molecule has 1 aliphatic rings. The molecule has 7 heteroatoms. The zero-order chi connectivity index (χ0) is 17.8. The van der Waals surface area contributed by atoms with E-state index in [1.807, 2.05) is 47.4 Å². The molecule has 0 bridgehead atoms. The lowest BCUT2D eigenvalue weighted by Crippen LogP contribution is -2.25. The number of nitrogens with one attached hydrogen (secondary N) is 1. The highest BCUT2D eigenvalue weighted by Gasteiger charge is 2.22. The molecule has 1 amide bonds. The molecule has 4 rings (SSSR count). The molecule has 1 aromatic heterocycles. The van der Waals surface area contributed by atoms with E-state index >= 15 is 0 Å². The van der Waals surface area contributed by atoms with Crippen LogP contribution in [0.1, 0.15) is 24.0 Å². The van der Waals surface area contributed by atoms with Gasteiger partial charge in [0.25, 0.3) is 0 Å². The second kappa shape index (κ2) is 7.35. The third kappa shape index (κ3) is 3.42. The Morgan fingerprint density at radius 1 is 1.00 bits per heavy atom. The first kappa shape index (κ1) is 16.3. The molecule has 0 saturated carbocycles. The SMILES string of the molecule is O=C(CCCNc1nnnn1-c1ccccc1)N1Cc2ccccc2C1. The minimum atomic E-state index is 0.186. The number of fused-ring (bicyclic) bond motifs is 1. The van der Waals surface area contributed by atoms with Crippen LogP contribution in [0.2, 0.25) is 0 Å². The number of hydrogen-bond donors (Lipinski definition) is 1. The Balaban J connectivity index is 1.27. The van der Waals surface area contributed by atoms with Crippen molar-refractivity contribution in [2.75, 3.05) is 11.9 Å². The number of nitrogens with zero attached hydrogens (tertiary/aromatic N) is 5. The molecule has 26 heavy (non-hydrogen) atoms. The lowest BCUT2D eigenvalue weighted by Gasteiger charge is -2.15. The molecular formula is C19H20N6O. The summed E-state index contributed by atoms with van der Waals surface area (Å²) in [5.74, 6) is 0.767. The molecule has 0 aliphatic carbocycles. The van der Waals surface area contributed by atoms with Crippen LogP contribution in [0.15, 0.2) is 54.6 Å². The molecule has 0 saturated heterocycles. The predicted molar refractivity (Wildman–Crippen MR) is 97.6 cm³/mol. The molecule has 0 spiro atoms. The van der Waals surface area contributed by atoms with E-state index in [9.17, 15) is 4.79 Å². The third-order valence-electron chi connectivity index (χ3n) is 4.51. The molecule has 0 unspecified atom stereocenters. The van der Waals surface area contributed by atoms with Gasteiger partial charge in [0.1, 0.15) is 0 Å². The van der Waals surface area contributed by atoms with Gasteiger partial charge in [0.15, 0.2) is 0 Å². The van der Waals surface area contributed by atoms with Crippen molar-refractivity contribution in [1.82, 2.24) is 25.1 Å². The zero-order valence-corrected chi connectivity index (χ0v) is 14.4. The zero-order valence-electron chi connectivity index (χ0n) is 14.4. The van der Waals surface area contributed by atoms with Gasteiger partial charge in [-0.25, -0.2) is 0 Å². The number of tetrazole rings is 1. The van der Waals surface area contributed by atoms with E-state index in [4.69, 9.17) is 0 Å². The van der Waals surface area contributed by atoms with Crippen LogP contribution >= 0.6 is 0 Å². The van der Waals surface area contributed by atoms with Crippen LogP contribution in [0.5, 0.6) is 0 Å². The molecule has 3 aromatic rings. The van der Waals surface area contributed by atoms with Crippen molar-refractivity contribution < 1.29 is 4.79 Å². The van der Waals surface area contributed by atoms with Gasteiger partial charge >= 0.3 is 0 Å². The van der Waals surface area contributed by atoms with Gasteiger partial charge in [0, 0.05) is 26.1 Å². The topological polar surface area (TPSA) is 75.9 Å². The Hall–Kier alpha value is -3.22. The van der Waals surface area contributed by atoms with E-state index in [0.29, 0.717) is 32.0 Å². The van der Waals surface area contributed by atoms with Gasteiger partial charge in [-0.1, -0.05) is 47.6 Å². The summed E-state index contributed by atoms with van der Waals surface area (Å²) in [5.41, 5.74) is 3.40. The summed E-state index contributed by atoms with van der Waals surface area (Å²) in [6.45, 7) is 2.07. The Bertz CT molecular complexity index is 867. The highest BCUT2D eigenvalue weighted by atomic mass is 16.2. The van der Waals surface area contributed by atoms with Gasteiger partial charge in [-0.05, 0) is 40.1 Å². The van der Waals surface area contributed by atoms with Gasteiger partial charge in [0.2, 0.25) is 11.9 Å². The van der Waals surface area contributed by atoms with Crippen LogP contribution in [0, 0.1) is 0 Å². The van der Waals surface area contributed by atoms with E-state index in [-0.39, 0.29) is 5.91 Å². The predicted octanol–water partition coefficient (Wildman–Crippen LogP) is 2.40. The average Bonchev–Trinajstić information content (AvgIpc) is 3.32. The van der Waals surface area contributed by atoms with Crippen molar-refractivity contribution in [3.63, 3.8) is 0 Å². The van der Waals surface area contributed by atoms with Gasteiger partial charge < -0.3 is 10.2 Å². The maximum absolute atomic E-state index is 12.4. The monoisotopic (exact) mass is 348 g/mol. The van der Waals surface area contributed by atoms with Crippen molar-refractivity contribution >= 4 is 11.9 Å². The minimum absolute atomic E-state index is 0.186. The highest BCUT2D eigenvalue weighted by molar-refractivity contribution is 5.77. The van der Waals surface area contributed by atoms with Crippen LogP contribution in [0.4, 0.5) is 5.95 Å². The molecule has 1 N–H and O–H groups in total. The van der Waals surface area contributed by atoms with Crippen LogP contribution in [0.25, 0.3) is 5.69 Å². The summed E-state index contributed by atoms with van der Waals surface area (Å²) in [7, 11) is 0. The van der Waals surface area contributed by atoms with Gasteiger partial charge in [0.05, 0.1) is 5.69 Å². The van der Waals surface area contributed by atoms with Crippen molar-refractivity contribution in [2.45, 2.75) is 25.9 Å². The smallest absolute Gasteiger partial charge is 0.247 e. The molecule has 0 fully saturated rings. The fraction of sp³-hybridized carbons (Fsp3) is 0.263. The number of aromatic nitrogens is 4. The van der Waals surface area contributed by atoms with E-state index in [1.165, 1.54) is 11.1 Å². The quantitative estimate of drug-likeness (QED) is 0.692. The molecular weight excluding hydrogens is 328 g/mol.